The van der Waals surface area contributed by atoms with Crippen molar-refractivity contribution in [1.29, 1.82) is 0 Å². The van der Waals surface area contributed by atoms with E-state index in [2.05, 4.69) is 26.6 Å². The zero-order chi connectivity index (χ0) is 15.8. The minimum absolute atomic E-state index is 0.0999. The summed E-state index contributed by atoms with van der Waals surface area (Å²) in [6.45, 7) is 2.01. The van der Waals surface area contributed by atoms with Gasteiger partial charge < -0.3 is 20.5 Å². The summed E-state index contributed by atoms with van der Waals surface area (Å²) < 4.78 is 5.91. The van der Waals surface area contributed by atoms with Gasteiger partial charge in [0.25, 0.3) is 0 Å². The number of rotatable bonds is 7. The molecule has 7 heteroatoms. The maximum atomic E-state index is 11.8. The van der Waals surface area contributed by atoms with Crippen LogP contribution in [0.25, 0.3) is 0 Å². The van der Waals surface area contributed by atoms with Gasteiger partial charge in [0.1, 0.15) is 5.75 Å². The van der Waals surface area contributed by atoms with Gasteiger partial charge >= 0.3 is 12.0 Å². The molecule has 1 aromatic carbocycles. The molecule has 0 aromatic heterocycles. The lowest BCUT2D eigenvalue weighted by atomic mass is 10.0. The van der Waals surface area contributed by atoms with Gasteiger partial charge in [0.05, 0.1) is 17.5 Å². The van der Waals surface area contributed by atoms with Crippen molar-refractivity contribution in [2.45, 2.75) is 19.8 Å². The van der Waals surface area contributed by atoms with Gasteiger partial charge in [-0.25, -0.2) is 4.79 Å². The van der Waals surface area contributed by atoms with Crippen LogP contribution in [0.4, 0.5) is 10.5 Å². The Morgan fingerprint density at radius 3 is 2.71 bits per heavy atom. The Hall–Kier alpha value is -1.76. The molecule has 0 aliphatic rings. The first-order chi connectivity index (χ1) is 9.97. The Balaban J connectivity index is 2.55. The zero-order valence-corrected chi connectivity index (χ0v) is 13.6. The molecule has 1 rings (SSSR count). The predicted molar refractivity (Wildman–Crippen MR) is 83.7 cm³/mol. The fourth-order valence-electron chi connectivity index (χ4n) is 1.79. The number of hydrogen-bond donors (Lipinski definition) is 3. The van der Waals surface area contributed by atoms with Crippen molar-refractivity contribution in [3.63, 3.8) is 0 Å². The van der Waals surface area contributed by atoms with Crippen molar-refractivity contribution in [3.05, 3.63) is 22.7 Å². The summed E-state index contributed by atoms with van der Waals surface area (Å²) in [4.78, 5) is 22.7. The molecular formula is C14H19BrN2O4. The number of nitrogens with one attached hydrogen (secondary N) is 2. The van der Waals surface area contributed by atoms with Crippen molar-refractivity contribution in [1.82, 2.24) is 5.32 Å². The summed E-state index contributed by atoms with van der Waals surface area (Å²) >= 11 is 3.32. The number of carbonyl (C=O) groups excluding carboxylic acids is 1. The molecule has 6 nitrogen and oxygen atoms in total. The van der Waals surface area contributed by atoms with E-state index >= 15 is 0 Å². The van der Waals surface area contributed by atoms with Crippen LogP contribution >= 0.6 is 15.9 Å². The van der Waals surface area contributed by atoms with Crippen LogP contribution in [-0.2, 0) is 4.79 Å². The van der Waals surface area contributed by atoms with Gasteiger partial charge in [-0.3, -0.25) is 4.79 Å². The van der Waals surface area contributed by atoms with Crippen molar-refractivity contribution < 1.29 is 19.4 Å². The van der Waals surface area contributed by atoms with E-state index in [0.717, 1.165) is 10.9 Å². The van der Waals surface area contributed by atoms with Crippen LogP contribution in [0.2, 0.25) is 0 Å². The largest absolute Gasteiger partial charge is 0.495 e. The number of amides is 2. The van der Waals surface area contributed by atoms with Crippen LogP contribution in [0.15, 0.2) is 22.7 Å². The average molecular weight is 359 g/mol. The fraction of sp³-hybridized carbons (Fsp3) is 0.429. The number of carbonyl (C=O) groups is 2. The van der Waals surface area contributed by atoms with Gasteiger partial charge in [-0.05, 0) is 34.5 Å². The topological polar surface area (TPSA) is 87.7 Å². The number of methoxy groups -OCH3 is 1. The number of benzene rings is 1. The Morgan fingerprint density at radius 1 is 1.43 bits per heavy atom. The highest BCUT2D eigenvalue weighted by Gasteiger charge is 2.17. The molecule has 0 saturated carbocycles. The molecule has 0 bridgehead atoms. The number of urea groups is 1. The number of anilines is 1. The van der Waals surface area contributed by atoms with E-state index in [0.29, 0.717) is 17.9 Å². The summed E-state index contributed by atoms with van der Waals surface area (Å²) in [6, 6.07) is 4.70. The molecule has 0 saturated heterocycles. The summed E-state index contributed by atoms with van der Waals surface area (Å²) in [5.74, 6) is -0.870. The minimum atomic E-state index is -0.900. The number of hydrogen-bond acceptors (Lipinski definition) is 3. The van der Waals surface area contributed by atoms with E-state index < -0.39 is 17.9 Å². The SMILES string of the molecule is CCCC(CNC(=O)Nc1ccc(Br)c(OC)c1)C(=O)O. The second-order valence-corrected chi connectivity index (χ2v) is 5.36. The van der Waals surface area contributed by atoms with Gasteiger partial charge in [0.15, 0.2) is 0 Å². The van der Waals surface area contributed by atoms with Crippen molar-refractivity contribution in [2.24, 2.45) is 5.92 Å². The molecule has 3 N–H and O–H groups in total. The quantitative estimate of drug-likeness (QED) is 0.698. The summed E-state index contributed by atoms with van der Waals surface area (Å²) in [6.07, 6.45) is 1.28. The van der Waals surface area contributed by atoms with Crippen LogP contribution in [0.5, 0.6) is 5.75 Å². The van der Waals surface area contributed by atoms with Crippen LogP contribution in [0.1, 0.15) is 19.8 Å². The van der Waals surface area contributed by atoms with E-state index in [1.54, 1.807) is 18.2 Å². The first-order valence-corrected chi connectivity index (χ1v) is 7.38. The predicted octanol–water partition coefficient (Wildman–Crippen LogP) is 3.08. The number of ether oxygens (including phenoxy) is 1. The Bertz CT molecular complexity index is 508. The van der Waals surface area contributed by atoms with Crippen molar-refractivity contribution in [3.8, 4) is 5.75 Å². The molecule has 21 heavy (non-hydrogen) atoms. The van der Waals surface area contributed by atoms with Gasteiger partial charge in [-0.2, -0.15) is 0 Å². The van der Waals surface area contributed by atoms with Crippen molar-refractivity contribution >= 4 is 33.6 Å². The molecule has 0 radical (unpaired) electrons. The average Bonchev–Trinajstić information content (AvgIpc) is 2.45. The molecule has 0 aliphatic heterocycles. The Labute approximate surface area is 132 Å². The molecule has 1 unspecified atom stereocenters. The lowest BCUT2D eigenvalue weighted by Crippen LogP contribution is -2.35. The van der Waals surface area contributed by atoms with E-state index in [1.165, 1.54) is 7.11 Å². The van der Waals surface area contributed by atoms with E-state index in [9.17, 15) is 9.59 Å². The standard InChI is InChI=1S/C14H19BrN2O4/c1-3-4-9(13(18)19)8-16-14(20)17-10-5-6-11(15)12(7-10)21-2/h5-7,9H,3-4,8H2,1-2H3,(H,18,19)(H2,16,17,20). The first kappa shape index (κ1) is 17.3. The number of carboxylic acids is 1. The normalized spacial score (nSPS) is 11.6. The summed E-state index contributed by atoms with van der Waals surface area (Å²) in [7, 11) is 1.53. The molecule has 1 aromatic rings. The highest BCUT2D eigenvalue weighted by atomic mass is 79.9. The zero-order valence-electron chi connectivity index (χ0n) is 12.0. The molecule has 116 valence electrons. The van der Waals surface area contributed by atoms with Gasteiger partial charge in [0.2, 0.25) is 0 Å². The molecule has 0 aliphatic carbocycles. The molecule has 0 spiro atoms. The number of carboxylic acid groups (broad SMARTS) is 1. The minimum Gasteiger partial charge on any atom is -0.495 e. The van der Waals surface area contributed by atoms with Gasteiger partial charge in [-0.15, -0.1) is 0 Å². The Morgan fingerprint density at radius 2 is 2.14 bits per heavy atom. The third-order valence-electron chi connectivity index (χ3n) is 2.90. The van der Waals surface area contributed by atoms with Crippen LogP contribution < -0.4 is 15.4 Å². The lowest BCUT2D eigenvalue weighted by molar-refractivity contribution is -0.141. The molecule has 2 amide bonds. The third kappa shape index (κ3) is 5.63. The third-order valence-corrected chi connectivity index (χ3v) is 3.56. The fourth-order valence-corrected chi connectivity index (χ4v) is 2.20. The number of aliphatic carboxylic acids is 1. The van der Waals surface area contributed by atoms with Crippen LogP contribution in [-0.4, -0.2) is 30.8 Å². The van der Waals surface area contributed by atoms with Crippen LogP contribution in [0.3, 0.4) is 0 Å². The second kappa shape index (κ2) is 8.51. The van der Waals surface area contributed by atoms with Crippen LogP contribution in [0, 0.1) is 5.92 Å². The highest BCUT2D eigenvalue weighted by molar-refractivity contribution is 9.10. The highest BCUT2D eigenvalue weighted by Crippen LogP contribution is 2.27. The smallest absolute Gasteiger partial charge is 0.319 e. The molecule has 1 atom stereocenters. The van der Waals surface area contributed by atoms with Crippen molar-refractivity contribution in [2.75, 3.05) is 19.0 Å². The second-order valence-electron chi connectivity index (χ2n) is 4.51. The van der Waals surface area contributed by atoms with E-state index in [4.69, 9.17) is 9.84 Å². The lowest BCUT2D eigenvalue weighted by Gasteiger charge is -2.13. The maximum Gasteiger partial charge on any atom is 0.319 e. The van der Waals surface area contributed by atoms with Gasteiger partial charge in [0, 0.05) is 18.3 Å². The van der Waals surface area contributed by atoms with E-state index in [-0.39, 0.29) is 6.54 Å². The summed E-state index contributed by atoms with van der Waals surface area (Å²) in [5.41, 5.74) is 0.565. The van der Waals surface area contributed by atoms with E-state index in [1.807, 2.05) is 6.92 Å². The Kier molecular flexibility index (Phi) is 7.01. The number of halogens is 1. The molecular weight excluding hydrogens is 340 g/mol. The summed E-state index contributed by atoms with van der Waals surface area (Å²) in [5, 5.41) is 14.2. The molecule has 0 fully saturated rings. The monoisotopic (exact) mass is 358 g/mol. The van der Waals surface area contributed by atoms with Gasteiger partial charge in [-0.1, -0.05) is 13.3 Å². The first-order valence-electron chi connectivity index (χ1n) is 6.59. The molecule has 0 heterocycles. The maximum absolute atomic E-state index is 11.8.